The number of hydrogen-bond acceptors (Lipinski definition) is 6. The Labute approximate surface area is 200 Å². The molecule has 1 fully saturated rings. The molecular formula is C25H25F2N7O. The summed E-state index contributed by atoms with van der Waals surface area (Å²) in [5, 5.41) is 11.2. The van der Waals surface area contributed by atoms with Crippen molar-refractivity contribution >= 4 is 28.2 Å². The van der Waals surface area contributed by atoms with Crippen LogP contribution in [0.25, 0.3) is 33.5 Å². The molecule has 0 radical (unpaired) electrons. The molecule has 0 saturated heterocycles. The SMILES string of the molecule is Cc1ccc2[nH]ncc2c1-c1nc(-c2ccccc2NC2CCC(F)(F)CC2)nc(C(N)=O)c1N. The van der Waals surface area contributed by atoms with E-state index in [0.29, 0.717) is 29.8 Å². The molecule has 2 heterocycles. The first-order valence-electron chi connectivity index (χ1n) is 11.4. The van der Waals surface area contributed by atoms with E-state index < -0.39 is 11.8 Å². The van der Waals surface area contributed by atoms with Gasteiger partial charge in [0.15, 0.2) is 11.5 Å². The van der Waals surface area contributed by atoms with Gasteiger partial charge in [-0.15, -0.1) is 0 Å². The number of carbonyl (C=O) groups is 1. The Morgan fingerprint density at radius 3 is 2.63 bits per heavy atom. The number of nitrogen functional groups attached to an aromatic ring is 1. The fourth-order valence-electron chi connectivity index (χ4n) is 4.62. The standard InChI is InChI=1S/C25H25F2N7O/c1-13-6-7-18-16(12-30-34-18)19(13)21-20(28)22(23(29)35)33-24(32-21)15-4-2-3-5-17(15)31-14-8-10-25(26,27)11-9-14/h2-7,12,14,31H,8-11,28H2,1H3,(H2,29,35)(H,30,34). The number of primary amides is 1. The van der Waals surface area contributed by atoms with Crippen molar-refractivity contribution in [1.29, 1.82) is 0 Å². The number of nitrogens with zero attached hydrogens (tertiary/aromatic N) is 3. The molecule has 1 aliphatic rings. The summed E-state index contributed by atoms with van der Waals surface area (Å²) >= 11 is 0. The van der Waals surface area contributed by atoms with E-state index in [2.05, 4.69) is 20.5 Å². The molecule has 0 spiro atoms. The zero-order valence-electron chi connectivity index (χ0n) is 19.1. The van der Waals surface area contributed by atoms with E-state index in [1.807, 2.05) is 43.3 Å². The van der Waals surface area contributed by atoms with Crippen LogP contribution in [0, 0.1) is 6.92 Å². The van der Waals surface area contributed by atoms with Crippen molar-refractivity contribution in [3.63, 3.8) is 0 Å². The summed E-state index contributed by atoms with van der Waals surface area (Å²) in [6.07, 6.45) is 2.06. The maximum atomic E-state index is 13.6. The first-order chi connectivity index (χ1) is 16.7. The third-order valence-corrected chi connectivity index (χ3v) is 6.49. The number of nitrogens with two attached hydrogens (primary N) is 2. The van der Waals surface area contributed by atoms with Crippen molar-refractivity contribution in [2.45, 2.75) is 44.6 Å². The summed E-state index contributed by atoms with van der Waals surface area (Å²) in [7, 11) is 0. The predicted octanol–water partition coefficient (Wildman–Crippen LogP) is 4.67. The van der Waals surface area contributed by atoms with Gasteiger partial charge in [0.25, 0.3) is 5.91 Å². The number of H-pyrrole nitrogens is 1. The van der Waals surface area contributed by atoms with E-state index in [1.165, 1.54) is 0 Å². The van der Waals surface area contributed by atoms with Gasteiger partial charge in [-0.1, -0.05) is 18.2 Å². The number of carbonyl (C=O) groups excluding carboxylic acids is 1. The smallest absolute Gasteiger partial charge is 0.269 e. The Hall–Kier alpha value is -4.08. The first-order valence-corrected chi connectivity index (χ1v) is 11.4. The molecule has 0 unspecified atom stereocenters. The molecule has 0 bridgehead atoms. The van der Waals surface area contributed by atoms with Crippen LogP contribution in [0.5, 0.6) is 0 Å². The van der Waals surface area contributed by atoms with Crippen LogP contribution in [0.2, 0.25) is 0 Å². The number of alkyl halides is 2. The van der Waals surface area contributed by atoms with Crippen LogP contribution in [-0.4, -0.2) is 38.0 Å². The minimum Gasteiger partial charge on any atom is -0.395 e. The average Bonchev–Trinajstić information content (AvgIpc) is 3.30. The fraction of sp³-hybridized carbons (Fsp3) is 0.280. The van der Waals surface area contributed by atoms with Crippen molar-refractivity contribution in [2.75, 3.05) is 11.1 Å². The van der Waals surface area contributed by atoms with E-state index in [1.54, 1.807) is 6.20 Å². The Morgan fingerprint density at radius 1 is 1.14 bits per heavy atom. The third kappa shape index (κ3) is 4.27. The zero-order valence-corrected chi connectivity index (χ0v) is 19.1. The zero-order chi connectivity index (χ0) is 24.7. The number of nitrogens with one attached hydrogen (secondary N) is 2. The minimum absolute atomic E-state index is 0.0815. The van der Waals surface area contributed by atoms with Crippen molar-refractivity contribution in [2.24, 2.45) is 5.73 Å². The predicted molar refractivity (Wildman–Crippen MR) is 131 cm³/mol. The molecule has 1 saturated carbocycles. The van der Waals surface area contributed by atoms with Crippen molar-refractivity contribution < 1.29 is 13.6 Å². The molecule has 2 aromatic heterocycles. The number of benzene rings is 2. The molecule has 4 aromatic rings. The Kier molecular flexibility index (Phi) is 5.58. The molecule has 180 valence electrons. The second-order valence-corrected chi connectivity index (χ2v) is 8.93. The van der Waals surface area contributed by atoms with Crippen molar-refractivity contribution in [1.82, 2.24) is 20.2 Å². The number of anilines is 2. The number of amides is 1. The number of fused-ring (bicyclic) bond motifs is 1. The van der Waals surface area contributed by atoms with Crippen LogP contribution in [0.4, 0.5) is 20.2 Å². The highest BCUT2D eigenvalue weighted by atomic mass is 19.3. The van der Waals surface area contributed by atoms with E-state index in [9.17, 15) is 13.6 Å². The number of hydrogen-bond donors (Lipinski definition) is 4. The highest BCUT2D eigenvalue weighted by Crippen LogP contribution is 2.38. The molecule has 0 aliphatic heterocycles. The van der Waals surface area contributed by atoms with Crippen LogP contribution in [-0.2, 0) is 0 Å². The largest absolute Gasteiger partial charge is 0.395 e. The van der Waals surface area contributed by atoms with Gasteiger partial charge in [0.1, 0.15) is 0 Å². The van der Waals surface area contributed by atoms with Crippen LogP contribution in [0.1, 0.15) is 41.7 Å². The molecular weight excluding hydrogens is 452 g/mol. The lowest BCUT2D eigenvalue weighted by molar-refractivity contribution is -0.0360. The lowest BCUT2D eigenvalue weighted by atomic mass is 9.92. The maximum absolute atomic E-state index is 13.6. The molecule has 6 N–H and O–H groups in total. The molecule has 1 aliphatic carbocycles. The summed E-state index contributed by atoms with van der Waals surface area (Å²) < 4.78 is 27.3. The highest BCUT2D eigenvalue weighted by molar-refractivity contribution is 6.04. The first kappa shape index (κ1) is 22.7. The number of rotatable bonds is 5. The number of para-hydroxylation sites is 1. The molecule has 8 nitrogen and oxygen atoms in total. The van der Waals surface area contributed by atoms with Gasteiger partial charge in [-0.2, -0.15) is 5.10 Å². The van der Waals surface area contributed by atoms with Gasteiger partial charge >= 0.3 is 0 Å². The second kappa shape index (κ2) is 8.61. The molecule has 0 atom stereocenters. The maximum Gasteiger partial charge on any atom is 0.269 e. The summed E-state index contributed by atoms with van der Waals surface area (Å²) in [6.45, 7) is 1.92. The normalized spacial score (nSPS) is 15.9. The summed E-state index contributed by atoms with van der Waals surface area (Å²) in [4.78, 5) is 21.5. The molecule has 35 heavy (non-hydrogen) atoms. The van der Waals surface area contributed by atoms with Crippen molar-refractivity contribution in [3.8, 4) is 22.6 Å². The second-order valence-electron chi connectivity index (χ2n) is 8.93. The quantitative estimate of drug-likeness (QED) is 0.330. The van der Waals surface area contributed by atoms with Crippen LogP contribution in [0.3, 0.4) is 0 Å². The van der Waals surface area contributed by atoms with Gasteiger partial charge in [0.05, 0.1) is 23.1 Å². The monoisotopic (exact) mass is 477 g/mol. The van der Waals surface area contributed by atoms with E-state index in [0.717, 1.165) is 22.0 Å². The lowest BCUT2D eigenvalue weighted by Gasteiger charge is -2.30. The van der Waals surface area contributed by atoms with Gasteiger partial charge in [-0.05, 0) is 43.5 Å². The number of halogens is 2. The molecule has 1 amide bonds. The fourth-order valence-corrected chi connectivity index (χ4v) is 4.62. The Bertz CT molecular complexity index is 1420. The highest BCUT2D eigenvalue weighted by Gasteiger charge is 2.35. The van der Waals surface area contributed by atoms with Crippen LogP contribution in [0.15, 0.2) is 42.6 Å². The lowest BCUT2D eigenvalue weighted by Crippen LogP contribution is -2.32. The third-order valence-electron chi connectivity index (χ3n) is 6.49. The van der Waals surface area contributed by atoms with E-state index in [4.69, 9.17) is 16.5 Å². The van der Waals surface area contributed by atoms with Crippen LogP contribution < -0.4 is 16.8 Å². The van der Waals surface area contributed by atoms with Crippen LogP contribution >= 0.6 is 0 Å². The van der Waals surface area contributed by atoms with Crippen molar-refractivity contribution in [3.05, 3.63) is 53.9 Å². The number of aromatic amines is 1. The summed E-state index contributed by atoms with van der Waals surface area (Å²) in [5.41, 5.74) is 16.1. The van der Waals surface area contributed by atoms with Gasteiger partial charge in [0.2, 0.25) is 5.92 Å². The molecule has 10 heteroatoms. The summed E-state index contributed by atoms with van der Waals surface area (Å²) in [5.74, 6) is -3.13. The molecule has 5 rings (SSSR count). The number of aryl methyl sites for hydroxylation is 1. The van der Waals surface area contributed by atoms with Gasteiger partial charge in [-0.3, -0.25) is 9.89 Å². The van der Waals surface area contributed by atoms with E-state index in [-0.39, 0.29) is 36.1 Å². The van der Waals surface area contributed by atoms with Gasteiger partial charge in [0, 0.05) is 41.1 Å². The topological polar surface area (TPSA) is 136 Å². The van der Waals surface area contributed by atoms with E-state index >= 15 is 0 Å². The summed E-state index contributed by atoms with van der Waals surface area (Å²) in [6, 6.07) is 11.0. The number of aromatic nitrogens is 4. The average molecular weight is 478 g/mol. The Balaban J connectivity index is 1.63. The van der Waals surface area contributed by atoms with Gasteiger partial charge < -0.3 is 16.8 Å². The Morgan fingerprint density at radius 2 is 1.89 bits per heavy atom. The minimum atomic E-state index is -2.62. The van der Waals surface area contributed by atoms with Gasteiger partial charge in [-0.25, -0.2) is 18.7 Å². The molecule has 2 aromatic carbocycles.